The number of aliphatic imine (C=N–C) groups is 1. The normalized spacial score (nSPS) is 25.0. The Hall–Kier alpha value is -0.130. The third kappa shape index (κ3) is 7.40. The van der Waals surface area contributed by atoms with Gasteiger partial charge in [-0.2, -0.15) is 0 Å². The second kappa shape index (κ2) is 10.1. The lowest BCUT2D eigenvalue weighted by Gasteiger charge is -2.25. The Morgan fingerprint density at radius 1 is 1.29 bits per heavy atom. The Bertz CT molecular complexity index is 503. The number of guanidine groups is 1. The van der Waals surface area contributed by atoms with Crippen LogP contribution in [0.1, 0.15) is 39.0 Å². The minimum absolute atomic E-state index is 0. The summed E-state index contributed by atoms with van der Waals surface area (Å²) >= 11 is 0. The van der Waals surface area contributed by atoms with Crippen molar-refractivity contribution in [2.24, 2.45) is 10.9 Å². The summed E-state index contributed by atoms with van der Waals surface area (Å²) in [4.78, 5) is 4.12. The smallest absolute Gasteiger partial charge is 0.213 e. The zero-order valence-corrected chi connectivity index (χ0v) is 17.8. The van der Waals surface area contributed by atoms with Gasteiger partial charge in [0.15, 0.2) is 5.96 Å². The van der Waals surface area contributed by atoms with Crippen molar-refractivity contribution in [1.29, 1.82) is 0 Å². The Balaban J connectivity index is 0.00000288. The van der Waals surface area contributed by atoms with Gasteiger partial charge in [0.1, 0.15) is 0 Å². The standard InChI is InChI=1S/C15H30N4O3S.HI/c1-15(7-4-9-22-15)12-18-14(16-2)17-8-10-23(20,21)19-11-13-5-3-6-13;/h13,19H,3-12H2,1-2H3,(H2,16,17,18);1H. The summed E-state index contributed by atoms with van der Waals surface area (Å²) in [6.07, 6.45) is 5.60. The highest BCUT2D eigenvalue weighted by atomic mass is 127. The van der Waals surface area contributed by atoms with E-state index >= 15 is 0 Å². The van der Waals surface area contributed by atoms with Crippen LogP contribution < -0.4 is 15.4 Å². The largest absolute Gasteiger partial charge is 0.373 e. The van der Waals surface area contributed by atoms with Gasteiger partial charge < -0.3 is 15.4 Å². The van der Waals surface area contributed by atoms with Crippen molar-refractivity contribution in [2.45, 2.75) is 44.6 Å². The molecule has 0 bridgehead atoms. The van der Waals surface area contributed by atoms with Crippen molar-refractivity contribution in [1.82, 2.24) is 15.4 Å². The lowest BCUT2D eigenvalue weighted by Crippen LogP contribution is -2.47. The lowest BCUT2D eigenvalue weighted by molar-refractivity contribution is 0.0243. The van der Waals surface area contributed by atoms with E-state index in [1.54, 1.807) is 7.05 Å². The number of hydrogen-bond acceptors (Lipinski definition) is 4. The van der Waals surface area contributed by atoms with Crippen LogP contribution in [0.2, 0.25) is 0 Å². The Labute approximate surface area is 162 Å². The first-order valence-electron chi connectivity index (χ1n) is 8.48. The molecule has 0 aromatic heterocycles. The van der Waals surface area contributed by atoms with Crippen LogP contribution in [0.25, 0.3) is 0 Å². The van der Waals surface area contributed by atoms with Crippen LogP contribution >= 0.6 is 24.0 Å². The van der Waals surface area contributed by atoms with Gasteiger partial charge in [0, 0.05) is 33.3 Å². The summed E-state index contributed by atoms with van der Waals surface area (Å²) in [7, 11) is -1.54. The van der Waals surface area contributed by atoms with Crippen LogP contribution in [0.4, 0.5) is 0 Å². The predicted molar refractivity (Wildman–Crippen MR) is 108 cm³/mol. The number of ether oxygens (including phenoxy) is 1. The molecule has 9 heteroatoms. The number of hydrogen-bond donors (Lipinski definition) is 3. The van der Waals surface area contributed by atoms with Gasteiger partial charge in [-0.05, 0) is 38.5 Å². The highest BCUT2D eigenvalue weighted by Crippen LogP contribution is 2.25. The summed E-state index contributed by atoms with van der Waals surface area (Å²) in [6.45, 7) is 4.45. The molecular formula is C15H31IN4O3S. The number of nitrogens with one attached hydrogen (secondary N) is 3. The van der Waals surface area contributed by atoms with Crippen LogP contribution in [-0.2, 0) is 14.8 Å². The summed E-state index contributed by atoms with van der Waals surface area (Å²) in [5, 5.41) is 6.25. The summed E-state index contributed by atoms with van der Waals surface area (Å²) < 4.78 is 32.3. The van der Waals surface area contributed by atoms with Crippen molar-refractivity contribution >= 4 is 40.0 Å². The average Bonchev–Trinajstić information content (AvgIpc) is 2.88. The van der Waals surface area contributed by atoms with Crippen molar-refractivity contribution in [3.63, 3.8) is 0 Å². The minimum atomic E-state index is -3.22. The molecule has 24 heavy (non-hydrogen) atoms. The fraction of sp³-hybridized carbons (Fsp3) is 0.933. The molecule has 0 aromatic carbocycles. The molecular weight excluding hydrogens is 443 g/mol. The SMILES string of the molecule is CN=C(NCCS(=O)(=O)NCC1CCC1)NCC1(C)CCCO1.I. The number of halogens is 1. The maximum atomic E-state index is 11.9. The van der Waals surface area contributed by atoms with Crippen molar-refractivity contribution in [2.75, 3.05) is 39.0 Å². The molecule has 1 unspecified atom stereocenters. The van der Waals surface area contributed by atoms with Crippen LogP contribution in [0.3, 0.4) is 0 Å². The van der Waals surface area contributed by atoms with E-state index < -0.39 is 10.0 Å². The second-order valence-corrected chi connectivity index (χ2v) is 8.65. The zero-order valence-electron chi connectivity index (χ0n) is 14.6. The average molecular weight is 474 g/mol. The molecule has 2 rings (SSSR count). The van der Waals surface area contributed by atoms with E-state index in [9.17, 15) is 8.42 Å². The molecule has 0 amide bonds. The third-order valence-electron chi connectivity index (χ3n) is 4.63. The molecule has 1 saturated heterocycles. The van der Waals surface area contributed by atoms with E-state index in [2.05, 4.69) is 27.3 Å². The first kappa shape index (κ1) is 21.9. The van der Waals surface area contributed by atoms with E-state index in [0.717, 1.165) is 32.3 Å². The molecule has 1 aliphatic heterocycles. The van der Waals surface area contributed by atoms with Gasteiger partial charge >= 0.3 is 0 Å². The van der Waals surface area contributed by atoms with Gasteiger partial charge in [-0.1, -0.05) is 6.42 Å². The van der Waals surface area contributed by atoms with E-state index in [1.165, 1.54) is 6.42 Å². The van der Waals surface area contributed by atoms with E-state index in [4.69, 9.17) is 4.74 Å². The molecule has 1 saturated carbocycles. The highest BCUT2D eigenvalue weighted by molar-refractivity contribution is 14.0. The van der Waals surface area contributed by atoms with Crippen LogP contribution in [0.15, 0.2) is 4.99 Å². The Kier molecular flexibility index (Phi) is 9.24. The van der Waals surface area contributed by atoms with Crippen LogP contribution in [0.5, 0.6) is 0 Å². The first-order chi connectivity index (χ1) is 10.9. The van der Waals surface area contributed by atoms with E-state index in [-0.39, 0.29) is 35.3 Å². The van der Waals surface area contributed by atoms with Gasteiger partial charge in [0.2, 0.25) is 10.0 Å². The molecule has 0 radical (unpaired) electrons. The topological polar surface area (TPSA) is 91.8 Å². The maximum absolute atomic E-state index is 11.9. The molecule has 142 valence electrons. The van der Waals surface area contributed by atoms with Gasteiger partial charge in [-0.15, -0.1) is 24.0 Å². The summed E-state index contributed by atoms with van der Waals surface area (Å²) in [5.41, 5.74) is -0.159. The maximum Gasteiger partial charge on any atom is 0.213 e. The summed E-state index contributed by atoms with van der Waals surface area (Å²) in [6, 6.07) is 0. The number of sulfonamides is 1. The first-order valence-corrected chi connectivity index (χ1v) is 10.1. The Morgan fingerprint density at radius 3 is 2.58 bits per heavy atom. The van der Waals surface area contributed by atoms with Crippen molar-refractivity contribution in [3.05, 3.63) is 0 Å². The van der Waals surface area contributed by atoms with Crippen molar-refractivity contribution in [3.8, 4) is 0 Å². The molecule has 1 heterocycles. The van der Waals surface area contributed by atoms with Crippen LogP contribution in [-0.4, -0.2) is 59.0 Å². The number of nitrogens with zero attached hydrogens (tertiary/aromatic N) is 1. The lowest BCUT2D eigenvalue weighted by atomic mass is 9.86. The van der Waals surface area contributed by atoms with Gasteiger partial charge in [-0.25, -0.2) is 13.1 Å². The predicted octanol–water partition coefficient (Wildman–Crippen LogP) is 1.06. The van der Waals surface area contributed by atoms with Crippen molar-refractivity contribution < 1.29 is 13.2 Å². The third-order valence-corrected chi connectivity index (χ3v) is 5.98. The molecule has 1 atom stereocenters. The van der Waals surface area contributed by atoms with E-state index in [0.29, 0.717) is 31.5 Å². The van der Waals surface area contributed by atoms with Gasteiger partial charge in [0.05, 0.1) is 11.4 Å². The molecule has 7 nitrogen and oxygen atoms in total. The summed E-state index contributed by atoms with van der Waals surface area (Å²) in [5.74, 6) is 1.18. The molecule has 2 fully saturated rings. The highest BCUT2D eigenvalue weighted by Gasteiger charge is 2.29. The zero-order chi connectivity index (χ0) is 16.8. The fourth-order valence-corrected chi connectivity index (χ4v) is 3.79. The van der Waals surface area contributed by atoms with E-state index in [1.807, 2.05) is 0 Å². The molecule has 1 aliphatic carbocycles. The molecule has 0 aromatic rings. The monoisotopic (exact) mass is 474 g/mol. The molecule has 3 N–H and O–H groups in total. The van der Waals surface area contributed by atoms with Crippen LogP contribution in [0, 0.1) is 5.92 Å². The molecule has 0 spiro atoms. The molecule has 2 aliphatic rings. The second-order valence-electron chi connectivity index (χ2n) is 6.72. The van der Waals surface area contributed by atoms with Gasteiger partial charge in [-0.3, -0.25) is 4.99 Å². The van der Waals surface area contributed by atoms with Gasteiger partial charge in [0.25, 0.3) is 0 Å². The number of rotatable bonds is 8. The fourth-order valence-electron chi connectivity index (χ4n) is 2.79. The quantitative estimate of drug-likeness (QED) is 0.278. The Morgan fingerprint density at radius 2 is 2.04 bits per heavy atom. The minimum Gasteiger partial charge on any atom is -0.373 e.